The molecule has 1 heterocycles. The van der Waals surface area contributed by atoms with Gasteiger partial charge in [0.15, 0.2) is 5.11 Å². The predicted molar refractivity (Wildman–Crippen MR) is 95.0 cm³/mol. The quantitative estimate of drug-likeness (QED) is 0.742. The van der Waals surface area contributed by atoms with Gasteiger partial charge in [-0.2, -0.15) is 0 Å². The Hall–Kier alpha value is -2.25. The number of nitrogens with zero attached hydrogens (tertiary/aromatic N) is 3. The second-order valence-corrected chi connectivity index (χ2v) is 5.82. The summed E-state index contributed by atoms with van der Waals surface area (Å²) < 4.78 is 10.1. The molecule has 3 rings (SSSR count). The Morgan fingerprint density at radius 2 is 2.00 bits per heavy atom. The van der Waals surface area contributed by atoms with Crippen LogP contribution in [-0.2, 0) is 0 Å². The first kappa shape index (κ1) is 14.7. The van der Waals surface area contributed by atoms with Crippen LogP contribution in [0.25, 0.3) is 10.2 Å². The molecule has 0 amide bonds. The zero-order chi connectivity index (χ0) is 15.5. The molecule has 0 radical (unpaired) electrons. The zero-order valence-electron chi connectivity index (χ0n) is 12.1. The van der Waals surface area contributed by atoms with Gasteiger partial charge in [0, 0.05) is 18.4 Å². The highest BCUT2D eigenvalue weighted by Gasteiger charge is 2.08. The Kier molecular flexibility index (Phi) is 4.17. The van der Waals surface area contributed by atoms with Crippen LogP contribution in [0.1, 0.15) is 0 Å². The highest BCUT2D eigenvalue weighted by atomic mass is 32.1. The van der Waals surface area contributed by atoms with Crippen molar-refractivity contribution in [1.82, 2.24) is 9.59 Å². The number of anilines is 2. The summed E-state index contributed by atoms with van der Waals surface area (Å²) in [5.41, 5.74) is 2.74. The van der Waals surface area contributed by atoms with E-state index in [2.05, 4.69) is 14.9 Å². The molecule has 22 heavy (non-hydrogen) atoms. The van der Waals surface area contributed by atoms with E-state index in [4.69, 9.17) is 17.0 Å². The maximum atomic E-state index is 5.45. The molecule has 0 saturated heterocycles. The third-order valence-corrected chi connectivity index (χ3v) is 4.34. The van der Waals surface area contributed by atoms with Crippen molar-refractivity contribution >= 4 is 50.5 Å². The van der Waals surface area contributed by atoms with Gasteiger partial charge in [-0.05, 0) is 66.2 Å². The van der Waals surface area contributed by atoms with Gasteiger partial charge < -0.3 is 15.0 Å². The summed E-state index contributed by atoms with van der Waals surface area (Å²) in [7, 11) is 3.56. The van der Waals surface area contributed by atoms with Crippen LogP contribution in [0.3, 0.4) is 0 Å². The molecule has 3 aromatic rings. The predicted octanol–water partition coefficient (Wildman–Crippen LogP) is 3.53. The number of benzene rings is 2. The number of hydrogen-bond donors (Lipinski definition) is 1. The number of rotatable bonds is 3. The molecule has 0 aliphatic heterocycles. The molecule has 0 unspecified atom stereocenters. The summed E-state index contributed by atoms with van der Waals surface area (Å²) >= 11 is 6.83. The molecule has 0 spiro atoms. The summed E-state index contributed by atoms with van der Waals surface area (Å²) in [6.07, 6.45) is 0. The number of hydrogen-bond acceptors (Lipinski definition) is 5. The van der Waals surface area contributed by atoms with E-state index in [9.17, 15) is 0 Å². The Bertz CT molecular complexity index is 801. The Morgan fingerprint density at radius 1 is 1.23 bits per heavy atom. The minimum absolute atomic E-state index is 0.604. The lowest BCUT2D eigenvalue weighted by molar-refractivity contribution is 0.415. The molecule has 7 heteroatoms. The fourth-order valence-corrected chi connectivity index (χ4v) is 2.75. The topological polar surface area (TPSA) is 50.3 Å². The molecular weight excluding hydrogens is 316 g/mol. The van der Waals surface area contributed by atoms with Gasteiger partial charge in [0.1, 0.15) is 11.3 Å². The van der Waals surface area contributed by atoms with Crippen LogP contribution in [0, 0.1) is 0 Å². The van der Waals surface area contributed by atoms with E-state index >= 15 is 0 Å². The molecule has 112 valence electrons. The van der Waals surface area contributed by atoms with Crippen molar-refractivity contribution in [3.05, 3.63) is 42.5 Å². The SMILES string of the molecule is COc1ccc(N(C)C(=S)Nc2ccc3snnc3c2)cc1. The van der Waals surface area contributed by atoms with E-state index in [1.807, 2.05) is 54.4 Å². The first-order valence-electron chi connectivity index (χ1n) is 6.58. The minimum atomic E-state index is 0.604. The van der Waals surface area contributed by atoms with Crippen LogP contribution in [-0.4, -0.2) is 28.9 Å². The molecule has 1 aromatic heterocycles. The lowest BCUT2D eigenvalue weighted by Crippen LogP contribution is -2.30. The highest BCUT2D eigenvalue weighted by Crippen LogP contribution is 2.22. The number of fused-ring (bicyclic) bond motifs is 1. The smallest absolute Gasteiger partial charge is 0.177 e. The third-order valence-electron chi connectivity index (χ3n) is 3.26. The van der Waals surface area contributed by atoms with E-state index in [1.165, 1.54) is 11.5 Å². The second-order valence-electron chi connectivity index (χ2n) is 4.64. The van der Waals surface area contributed by atoms with E-state index in [1.54, 1.807) is 7.11 Å². The third kappa shape index (κ3) is 3.00. The van der Waals surface area contributed by atoms with Crippen molar-refractivity contribution in [3.63, 3.8) is 0 Å². The second kappa shape index (κ2) is 6.25. The van der Waals surface area contributed by atoms with Gasteiger partial charge in [0.05, 0.1) is 11.8 Å². The molecule has 0 atom stereocenters. The maximum absolute atomic E-state index is 5.45. The van der Waals surface area contributed by atoms with Crippen molar-refractivity contribution in [2.75, 3.05) is 24.4 Å². The van der Waals surface area contributed by atoms with Crippen molar-refractivity contribution in [2.45, 2.75) is 0 Å². The van der Waals surface area contributed by atoms with Crippen LogP contribution in [0.15, 0.2) is 42.5 Å². The van der Waals surface area contributed by atoms with Gasteiger partial charge >= 0.3 is 0 Å². The molecule has 0 bridgehead atoms. The van der Waals surface area contributed by atoms with Crippen molar-refractivity contribution < 1.29 is 4.74 Å². The van der Waals surface area contributed by atoms with Gasteiger partial charge in [0.2, 0.25) is 0 Å². The van der Waals surface area contributed by atoms with Gasteiger partial charge in [-0.15, -0.1) is 5.10 Å². The van der Waals surface area contributed by atoms with Gasteiger partial charge in [-0.1, -0.05) is 4.49 Å². The fourth-order valence-electron chi connectivity index (χ4n) is 1.99. The lowest BCUT2D eigenvalue weighted by Gasteiger charge is -2.21. The standard InChI is InChI=1S/C15H14N4OS2/c1-19(11-4-6-12(20-2)7-5-11)15(21)16-10-3-8-14-13(9-10)17-18-22-14/h3-9H,1-2H3,(H,16,21). The first-order chi connectivity index (χ1) is 10.7. The highest BCUT2D eigenvalue weighted by molar-refractivity contribution is 7.80. The molecule has 1 N–H and O–H groups in total. The van der Waals surface area contributed by atoms with E-state index in [0.29, 0.717) is 5.11 Å². The Balaban J connectivity index is 1.74. The molecule has 0 fully saturated rings. The Morgan fingerprint density at radius 3 is 2.73 bits per heavy atom. The van der Waals surface area contributed by atoms with Crippen LogP contribution >= 0.6 is 23.8 Å². The average molecular weight is 330 g/mol. The first-order valence-corrected chi connectivity index (χ1v) is 7.76. The van der Waals surface area contributed by atoms with E-state index < -0.39 is 0 Å². The molecular formula is C15H14N4OS2. The van der Waals surface area contributed by atoms with Crippen LogP contribution in [0.5, 0.6) is 5.75 Å². The maximum Gasteiger partial charge on any atom is 0.177 e. The molecule has 0 aliphatic rings. The number of methoxy groups -OCH3 is 1. The number of aromatic nitrogens is 2. The lowest BCUT2D eigenvalue weighted by atomic mass is 10.3. The van der Waals surface area contributed by atoms with Crippen LogP contribution in [0.4, 0.5) is 11.4 Å². The Labute approximate surface area is 137 Å². The van der Waals surface area contributed by atoms with Gasteiger partial charge in [0.25, 0.3) is 0 Å². The monoisotopic (exact) mass is 330 g/mol. The fraction of sp³-hybridized carbons (Fsp3) is 0.133. The molecule has 5 nitrogen and oxygen atoms in total. The number of thiocarbonyl (C=S) groups is 1. The van der Waals surface area contributed by atoms with Crippen LogP contribution < -0.4 is 15.0 Å². The van der Waals surface area contributed by atoms with E-state index in [-0.39, 0.29) is 0 Å². The summed E-state index contributed by atoms with van der Waals surface area (Å²) in [4.78, 5) is 1.90. The molecule has 0 saturated carbocycles. The summed E-state index contributed by atoms with van der Waals surface area (Å²) in [5, 5.41) is 7.88. The molecule has 2 aromatic carbocycles. The van der Waals surface area contributed by atoms with Gasteiger partial charge in [-0.25, -0.2) is 0 Å². The largest absolute Gasteiger partial charge is 0.497 e. The van der Waals surface area contributed by atoms with Crippen molar-refractivity contribution in [3.8, 4) is 5.75 Å². The van der Waals surface area contributed by atoms with Crippen molar-refractivity contribution in [2.24, 2.45) is 0 Å². The minimum Gasteiger partial charge on any atom is -0.497 e. The zero-order valence-corrected chi connectivity index (χ0v) is 13.7. The summed E-state index contributed by atoms with van der Waals surface area (Å²) in [5.74, 6) is 0.817. The average Bonchev–Trinajstić information content (AvgIpc) is 3.02. The number of nitrogens with one attached hydrogen (secondary N) is 1. The van der Waals surface area contributed by atoms with Crippen LogP contribution in [0.2, 0.25) is 0 Å². The summed E-state index contributed by atoms with van der Waals surface area (Å²) in [6.45, 7) is 0. The molecule has 0 aliphatic carbocycles. The van der Waals surface area contributed by atoms with Crippen molar-refractivity contribution in [1.29, 1.82) is 0 Å². The number of ether oxygens (including phenoxy) is 1. The normalized spacial score (nSPS) is 10.5. The summed E-state index contributed by atoms with van der Waals surface area (Å²) in [6, 6.07) is 13.6. The van der Waals surface area contributed by atoms with E-state index in [0.717, 1.165) is 27.3 Å². The van der Waals surface area contributed by atoms with Gasteiger partial charge in [-0.3, -0.25) is 0 Å².